The fourth-order valence-corrected chi connectivity index (χ4v) is 3.83. The predicted octanol–water partition coefficient (Wildman–Crippen LogP) is 5.31. The molecule has 0 spiro atoms. The van der Waals surface area contributed by atoms with Crippen molar-refractivity contribution in [3.8, 4) is 10.6 Å². The summed E-state index contributed by atoms with van der Waals surface area (Å²) in [5.74, 6) is -0.235. The number of aryl methyl sites for hydroxylation is 1. The van der Waals surface area contributed by atoms with Gasteiger partial charge in [0.2, 0.25) is 0 Å². The van der Waals surface area contributed by atoms with Crippen LogP contribution < -0.4 is 5.32 Å². The van der Waals surface area contributed by atoms with E-state index in [1.165, 1.54) is 6.20 Å². The van der Waals surface area contributed by atoms with E-state index in [-0.39, 0.29) is 11.9 Å². The van der Waals surface area contributed by atoms with Gasteiger partial charge in [-0.2, -0.15) is 0 Å². The van der Waals surface area contributed by atoms with Crippen LogP contribution in [0.1, 0.15) is 33.9 Å². The minimum absolute atomic E-state index is 0.185. The van der Waals surface area contributed by atoms with Crippen LogP contribution >= 0.6 is 34.5 Å². The van der Waals surface area contributed by atoms with Crippen LogP contribution in [-0.2, 0) is 0 Å². The van der Waals surface area contributed by atoms with Gasteiger partial charge in [-0.3, -0.25) is 9.78 Å². The Bertz CT molecular complexity index is 909. The minimum Gasteiger partial charge on any atom is -0.345 e. The van der Waals surface area contributed by atoms with Gasteiger partial charge in [-0.25, -0.2) is 4.98 Å². The van der Waals surface area contributed by atoms with Crippen molar-refractivity contribution in [3.05, 3.63) is 68.9 Å². The Morgan fingerprint density at radius 2 is 1.92 bits per heavy atom. The number of carbonyl (C=O) groups excluding carboxylic acids is 1. The SMILES string of the molecule is Cc1nc(-c2ccc(Cl)cc2)sc1[C@H](C)NC(=O)c1ccncc1Cl. The number of nitrogens with one attached hydrogen (secondary N) is 1. The summed E-state index contributed by atoms with van der Waals surface area (Å²) in [6, 6.07) is 8.96. The molecular weight excluding hydrogens is 377 g/mol. The van der Waals surface area contributed by atoms with Gasteiger partial charge in [0.15, 0.2) is 0 Å². The number of benzene rings is 1. The van der Waals surface area contributed by atoms with Gasteiger partial charge in [0.25, 0.3) is 5.91 Å². The maximum Gasteiger partial charge on any atom is 0.253 e. The molecule has 2 aromatic heterocycles. The maximum atomic E-state index is 12.4. The third-order valence-corrected chi connectivity index (χ3v) is 5.62. The molecule has 0 saturated carbocycles. The van der Waals surface area contributed by atoms with E-state index in [0.29, 0.717) is 15.6 Å². The number of nitrogens with zero attached hydrogens (tertiary/aromatic N) is 2. The molecule has 4 nitrogen and oxygen atoms in total. The summed E-state index contributed by atoms with van der Waals surface area (Å²) in [5.41, 5.74) is 2.30. The zero-order valence-electron chi connectivity index (χ0n) is 13.6. The highest BCUT2D eigenvalue weighted by Crippen LogP contribution is 2.32. The average molecular weight is 392 g/mol. The molecular formula is C18H15Cl2N3OS. The number of carbonyl (C=O) groups is 1. The van der Waals surface area contributed by atoms with E-state index in [0.717, 1.165) is 21.1 Å². The van der Waals surface area contributed by atoms with Crippen LogP contribution in [0.15, 0.2) is 42.7 Å². The van der Waals surface area contributed by atoms with E-state index >= 15 is 0 Å². The van der Waals surface area contributed by atoms with Crippen molar-refractivity contribution in [2.45, 2.75) is 19.9 Å². The fraction of sp³-hybridized carbons (Fsp3) is 0.167. The summed E-state index contributed by atoms with van der Waals surface area (Å²) >= 11 is 13.5. The normalized spacial score (nSPS) is 12.0. The van der Waals surface area contributed by atoms with Crippen LogP contribution in [0.2, 0.25) is 10.0 Å². The molecule has 1 atom stereocenters. The first-order valence-corrected chi connectivity index (χ1v) is 9.16. The molecule has 0 aliphatic carbocycles. The average Bonchev–Trinajstić information content (AvgIpc) is 2.97. The maximum absolute atomic E-state index is 12.4. The summed E-state index contributed by atoms with van der Waals surface area (Å²) in [6.45, 7) is 3.87. The molecule has 3 aromatic rings. The molecule has 0 saturated heterocycles. The molecule has 0 bridgehead atoms. The monoisotopic (exact) mass is 391 g/mol. The molecule has 0 fully saturated rings. The highest BCUT2D eigenvalue weighted by atomic mass is 35.5. The molecule has 128 valence electrons. The molecule has 0 aliphatic heterocycles. The number of rotatable bonds is 4. The smallest absolute Gasteiger partial charge is 0.253 e. The van der Waals surface area contributed by atoms with Crippen LogP contribution in [0.4, 0.5) is 0 Å². The number of halogens is 2. The summed E-state index contributed by atoms with van der Waals surface area (Å²) in [7, 11) is 0. The molecule has 0 unspecified atom stereocenters. The van der Waals surface area contributed by atoms with Gasteiger partial charge in [0.1, 0.15) is 5.01 Å². The van der Waals surface area contributed by atoms with Crippen molar-refractivity contribution < 1.29 is 4.79 Å². The first-order valence-electron chi connectivity index (χ1n) is 7.59. The van der Waals surface area contributed by atoms with Gasteiger partial charge < -0.3 is 5.32 Å². The molecule has 1 N–H and O–H groups in total. The fourth-order valence-electron chi connectivity index (χ4n) is 2.43. The Hall–Kier alpha value is -1.95. The number of aromatic nitrogens is 2. The van der Waals surface area contributed by atoms with Gasteiger partial charge in [-0.1, -0.05) is 35.3 Å². The Morgan fingerprint density at radius 1 is 1.20 bits per heavy atom. The lowest BCUT2D eigenvalue weighted by Gasteiger charge is -2.13. The van der Waals surface area contributed by atoms with Crippen molar-refractivity contribution in [1.29, 1.82) is 0 Å². The Kier molecular flexibility index (Phi) is 5.37. The zero-order chi connectivity index (χ0) is 18.0. The predicted molar refractivity (Wildman–Crippen MR) is 102 cm³/mol. The van der Waals surface area contributed by atoms with Gasteiger partial charge in [0.05, 0.1) is 27.2 Å². The largest absolute Gasteiger partial charge is 0.345 e. The number of hydrogen-bond acceptors (Lipinski definition) is 4. The van der Waals surface area contributed by atoms with Crippen molar-refractivity contribution in [2.75, 3.05) is 0 Å². The first-order chi connectivity index (χ1) is 12.0. The number of pyridine rings is 1. The lowest BCUT2D eigenvalue weighted by molar-refractivity contribution is 0.0940. The van der Waals surface area contributed by atoms with Crippen molar-refractivity contribution in [1.82, 2.24) is 15.3 Å². The molecule has 1 aromatic carbocycles. The van der Waals surface area contributed by atoms with Crippen LogP contribution in [0.5, 0.6) is 0 Å². The third kappa shape index (κ3) is 4.00. The summed E-state index contributed by atoms with van der Waals surface area (Å²) in [5, 5.41) is 4.88. The summed E-state index contributed by atoms with van der Waals surface area (Å²) in [6.07, 6.45) is 3.00. The highest BCUT2D eigenvalue weighted by Gasteiger charge is 2.19. The molecule has 0 aliphatic rings. The van der Waals surface area contributed by atoms with Crippen LogP contribution in [-0.4, -0.2) is 15.9 Å². The second kappa shape index (κ2) is 7.52. The molecule has 2 heterocycles. The number of thiazole rings is 1. The molecule has 0 radical (unpaired) electrons. The number of hydrogen-bond donors (Lipinski definition) is 1. The van der Waals surface area contributed by atoms with Gasteiger partial charge in [-0.15, -0.1) is 11.3 Å². The van der Waals surface area contributed by atoms with Crippen LogP contribution in [0.25, 0.3) is 10.6 Å². The van der Waals surface area contributed by atoms with E-state index in [4.69, 9.17) is 23.2 Å². The first kappa shape index (κ1) is 17.9. The Balaban J connectivity index is 1.81. The minimum atomic E-state index is -0.235. The third-order valence-electron chi connectivity index (χ3n) is 3.68. The second-order valence-electron chi connectivity index (χ2n) is 5.53. The van der Waals surface area contributed by atoms with E-state index < -0.39 is 0 Å². The van der Waals surface area contributed by atoms with E-state index in [1.807, 2.05) is 38.1 Å². The Labute approximate surface area is 159 Å². The van der Waals surface area contributed by atoms with Crippen LogP contribution in [0.3, 0.4) is 0 Å². The van der Waals surface area contributed by atoms with E-state index in [9.17, 15) is 4.79 Å². The standard InChI is InChI=1S/C18H15Cl2N3OS/c1-10(22-17(24)14-7-8-21-9-15(14)20)16-11(2)23-18(25-16)12-3-5-13(19)6-4-12/h3-10H,1-2H3,(H,22,24)/t10-/m0/s1. The van der Waals surface area contributed by atoms with E-state index in [2.05, 4.69) is 15.3 Å². The Morgan fingerprint density at radius 3 is 2.60 bits per heavy atom. The summed E-state index contributed by atoms with van der Waals surface area (Å²) in [4.78, 5) is 21.9. The van der Waals surface area contributed by atoms with Crippen molar-refractivity contribution >= 4 is 40.4 Å². The lowest BCUT2D eigenvalue weighted by atomic mass is 10.2. The summed E-state index contributed by atoms with van der Waals surface area (Å²) < 4.78 is 0. The van der Waals surface area contributed by atoms with Gasteiger partial charge in [0, 0.05) is 23.0 Å². The molecule has 1 amide bonds. The van der Waals surface area contributed by atoms with Crippen molar-refractivity contribution in [3.63, 3.8) is 0 Å². The van der Waals surface area contributed by atoms with Gasteiger partial charge in [-0.05, 0) is 32.0 Å². The van der Waals surface area contributed by atoms with Gasteiger partial charge >= 0.3 is 0 Å². The van der Waals surface area contributed by atoms with Crippen molar-refractivity contribution in [2.24, 2.45) is 0 Å². The quantitative estimate of drug-likeness (QED) is 0.655. The van der Waals surface area contributed by atoms with E-state index in [1.54, 1.807) is 23.6 Å². The van der Waals surface area contributed by atoms with Crippen LogP contribution in [0, 0.1) is 6.92 Å². The zero-order valence-corrected chi connectivity index (χ0v) is 15.9. The molecule has 25 heavy (non-hydrogen) atoms. The lowest BCUT2D eigenvalue weighted by Crippen LogP contribution is -2.26. The number of amides is 1. The molecule has 3 rings (SSSR count). The highest BCUT2D eigenvalue weighted by molar-refractivity contribution is 7.15. The second-order valence-corrected chi connectivity index (χ2v) is 7.40. The topological polar surface area (TPSA) is 54.9 Å². The molecule has 7 heteroatoms.